The van der Waals surface area contributed by atoms with Gasteiger partial charge in [0.25, 0.3) is 0 Å². The molecular weight excluding hydrogens is 429 g/mol. The number of hydrogen-bond donors (Lipinski definition) is 2. The maximum Gasteiger partial charge on any atom is 0.191 e. The van der Waals surface area contributed by atoms with Crippen molar-refractivity contribution in [2.24, 2.45) is 4.99 Å². The summed E-state index contributed by atoms with van der Waals surface area (Å²) < 4.78 is 5.38. The molecule has 0 bridgehead atoms. The maximum atomic E-state index is 8.95. The first-order valence-electron chi connectivity index (χ1n) is 8.11. The lowest BCUT2D eigenvalue weighted by molar-refractivity contribution is 0.380. The molecule has 0 aliphatic carbocycles. The van der Waals surface area contributed by atoms with Gasteiger partial charge in [-0.25, -0.2) is 0 Å². The Bertz CT molecular complexity index is 727. The third-order valence-electron chi connectivity index (χ3n) is 3.78. The summed E-state index contributed by atoms with van der Waals surface area (Å²) in [5.74, 6) is 1.61. The topological polar surface area (TPSA) is 86.2 Å². The van der Waals surface area contributed by atoms with Crippen LogP contribution < -0.4 is 10.6 Å². The molecule has 2 aromatic rings. The van der Waals surface area contributed by atoms with Crippen LogP contribution in [0.15, 0.2) is 33.8 Å². The van der Waals surface area contributed by atoms with Gasteiger partial charge in [0.15, 0.2) is 5.96 Å². The Morgan fingerprint density at radius 1 is 1.24 bits per heavy atom. The summed E-state index contributed by atoms with van der Waals surface area (Å²) >= 11 is 0. The van der Waals surface area contributed by atoms with Crippen molar-refractivity contribution in [3.8, 4) is 6.07 Å². The van der Waals surface area contributed by atoms with Crippen LogP contribution in [0.5, 0.6) is 0 Å². The normalized spacial score (nSPS) is 10.7. The van der Waals surface area contributed by atoms with E-state index in [0.29, 0.717) is 24.6 Å². The lowest BCUT2D eigenvalue weighted by Crippen LogP contribution is -2.36. The summed E-state index contributed by atoms with van der Waals surface area (Å²) in [4.78, 5) is 4.23. The summed E-state index contributed by atoms with van der Waals surface area (Å²) in [6.07, 6.45) is 1.66. The molecule has 0 fully saturated rings. The number of guanidine groups is 1. The van der Waals surface area contributed by atoms with Gasteiger partial charge in [-0.15, -0.1) is 24.0 Å². The molecule has 0 radical (unpaired) electrons. The van der Waals surface area contributed by atoms with E-state index in [-0.39, 0.29) is 24.0 Å². The van der Waals surface area contributed by atoms with E-state index < -0.39 is 0 Å². The molecule has 0 unspecified atom stereocenters. The highest BCUT2D eigenvalue weighted by molar-refractivity contribution is 14.0. The van der Waals surface area contributed by atoms with E-state index in [1.807, 2.05) is 18.2 Å². The van der Waals surface area contributed by atoms with E-state index in [0.717, 1.165) is 35.4 Å². The fourth-order valence-electron chi connectivity index (χ4n) is 2.47. The number of halogens is 1. The predicted octanol–water partition coefficient (Wildman–Crippen LogP) is 3.15. The average molecular weight is 453 g/mol. The second-order valence-electron chi connectivity index (χ2n) is 5.33. The third kappa shape index (κ3) is 5.74. The average Bonchev–Trinajstić information content (AvgIpc) is 3.04. The molecule has 0 spiro atoms. The number of nitrogens with one attached hydrogen (secondary N) is 2. The highest BCUT2D eigenvalue weighted by Gasteiger charge is 2.13. The SMILES string of the molecule is CCc1noc(CC)c1CNC(=NC)NCc1cccc(C#N)c1.I. The van der Waals surface area contributed by atoms with Crippen LogP contribution in [0.3, 0.4) is 0 Å². The zero-order chi connectivity index (χ0) is 17.4. The fraction of sp³-hybridized carbons (Fsp3) is 0.389. The quantitative estimate of drug-likeness (QED) is 0.399. The highest BCUT2D eigenvalue weighted by atomic mass is 127. The van der Waals surface area contributed by atoms with E-state index in [2.05, 4.69) is 40.7 Å². The first-order valence-corrected chi connectivity index (χ1v) is 8.11. The van der Waals surface area contributed by atoms with Crippen LogP contribution in [0.1, 0.15) is 42.0 Å². The Labute approximate surface area is 165 Å². The number of nitriles is 1. The van der Waals surface area contributed by atoms with E-state index in [1.54, 1.807) is 13.1 Å². The molecule has 0 atom stereocenters. The monoisotopic (exact) mass is 453 g/mol. The van der Waals surface area contributed by atoms with Crippen molar-refractivity contribution in [2.75, 3.05) is 7.05 Å². The molecule has 7 heteroatoms. The molecule has 0 saturated carbocycles. The molecule has 0 amide bonds. The van der Waals surface area contributed by atoms with Crippen molar-refractivity contribution in [1.82, 2.24) is 15.8 Å². The molecular formula is C18H24IN5O. The molecule has 0 aliphatic heterocycles. The lowest BCUT2D eigenvalue weighted by Gasteiger charge is -2.12. The molecule has 1 heterocycles. The lowest BCUT2D eigenvalue weighted by atomic mass is 10.1. The van der Waals surface area contributed by atoms with Crippen LogP contribution in [0.25, 0.3) is 0 Å². The molecule has 0 aliphatic rings. The Hall–Kier alpha value is -2.08. The van der Waals surface area contributed by atoms with Gasteiger partial charge in [-0.1, -0.05) is 31.1 Å². The van der Waals surface area contributed by atoms with Crippen LogP contribution >= 0.6 is 24.0 Å². The zero-order valence-electron chi connectivity index (χ0n) is 14.8. The Balaban J connectivity index is 0.00000312. The highest BCUT2D eigenvalue weighted by Crippen LogP contribution is 2.15. The number of aryl methyl sites for hydroxylation is 2. The minimum absolute atomic E-state index is 0. The van der Waals surface area contributed by atoms with Gasteiger partial charge in [-0.2, -0.15) is 5.26 Å². The number of aliphatic imine (C=N–C) groups is 1. The number of aromatic nitrogens is 1. The van der Waals surface area contributed by atoms with Crippen LogP contribution in [0.2, 0.25) is 0 Å². The number of rotatable bonds is 6. The maximum absolute atomic E-state index is 8.95. The molecule has 1 aromatic carbocycles. The first kappa shape index (κ1) is 21.0. The Morgan fingerprint density at radius 3 is 2.64 bits per heavy atom. The molecule has 2 rings (SSSR count). The number of nitrogens with zero attached hydrogens (tertiary/aromatic N) is 3. The minimum Gasteiger partial charge on any atom is -0.361 e. The summed E-state index contributed by atoms with van der Waals surface area (Å²) in [6.45, 7) is 5.34. The van der Waals surface area contributed by atoms with Gasteiger partial charge in [0.2, 0.25) is 0 Å². The Kier molecular flexibility index (Phi) is 8.99. The number of benzene rings is 1. The van der Waals surface area contributed by atoms with Crippen molar-refractivity contribution < 1.29 is 4.52 Å². The molecule has 6 nitrogen and oxygen atoms in total. The smallest absolute Gasteiger partial charge is 0.191 e. The Morgan fingerprint density at radius 2 is 2.00 bits per heavy atom. The van der Waals surface area contributed by atoms with E-state index in [1.165, 1.54) is 0 Å². The molecule has 134 valence electrons. The summed E-state index contributed by atoms with van der Waals surface area (Å²) in [6, 6.07) is 9.66. The van der Waals surface area contributed by atoms with Crippen molar-refractivity contribution >= 4 is 29.9 Å². The standard InChI is InChI=1S/C18H23N5O.HI/c1-4-16-15(17(5-2)24-23-16)12-22-18(20-3)21-11-14-8-6-7-13(9-14)10-19;/h6-9H,4-5,11-12H2,1-3H3,(H2,20,21,22);1H. The summed E-state index contributed by atoms with van der Waals surface area (Å²) in [5.41, 5.74) is 3.78. The molecule has 0 saturated heterocycles. The van der Waals surface area contributed by atoms with Gasteiger partial charge in [0.1, 0.15) is 5.76 Å². The van der Waals surface area contributed by atoms with Crippen LogP contribution in [0.4, 0.5) is 0 Å². The molecule has 1 aromatic heterocycles. The largest absolute Gasteiger partial charge is 0.361 e. The van der Waals surface area contributed by atoms with Crippen molar-refractivity contribution in [2.45, 2.75) is 39.8 Å². The summed E-state index contributed by atoms with van der Waals surface area (Å²) in [7, 11) is 1.73. The zero-order valence-corrected chi connectivity index (χ0v) is 17.1. The van der Waals surface area contributed by atoms with Crippen LogP contribution in [-0.4, -0.2) is 18.2 Å². The second-order valence-corrected chi connectivity index (χ2v) is 5.33. The van der Waals surface area contributed by atoms with E-state index in [4.69, 9.17) is 9.78 Å². The van der Waals surface area contributed by atoms with Gasteiger partial charge in [0.05, 0.1) is 17.3 Å². The second kappa shape index (κ2) is 10.7. The van der Waals surface area contributed by atoms with Gasteiger partial charge < -0.3 is 15.2 Å². The van der Waals surface area contributed by atoms with Gasteiger partial charge in [-0.3, -0.25) is 4.99 Å². The van der Waals surface area contributed by atoms with Gasteiger partial charge >= 0.3 is 0 Å². The van der Waals surface area contributed by atoms with Crippen LogP contribution in [0, 0.1) is 11.3 Å². The van der Waals surface area contributed by atoms with E-state index in [9.17, 15) is 0 Å². The predicted molar refractivity (Wildman–Crippen MR) is 109 cm³/mol. The molecule has 25 heavy (non-hydrogen) atoms. The van der Waals surface area contributed by atoms with E-state index >= 15 is 0 Å². The van der Waals surface area contributed by atoms with Crippen molar-refractivity contribution in [1.29, 1.82) is 5.26 Å². The third-order valence-corrected chi connectivity index (χ3v) is 3.78. The first-order chi connectivity index (χ1) is 11.7. The number of hydrogen-bond acceptors (Lipinski definition) is 4. The van der Waals surface area contributed by atoms with Gasteiger partial charge in [-0.05, 0) is 24.1 Å². The van der Waals surface area contributed by atoms with Crippen molar-refractivity contribution in [3.63, 3.8) is 0 Å². The van der Waals surface area contributed by atoms with Gasteiger partial charge in [0, 0.05) is 32.1 Å². The van der Waals surface area contributed by atoms with Crippen LogP contribution in [-0.2, 0) is 25.9 Å². The summed E-state index contributed by atoms with van der Waals surface area (Å²) in [5, 5.41) is 19.6. The molecule has 2 N–H and O–H groups in total. The van der Waals surface area contributed by atoms with Crippen molar-refractivity contribution in [3.05, 3.63) is 52.4 Å². The minimum atomic E-state index is 0. The fourth-order valence-corrected chi connectivity index (χ4v) is 2.47.